The molecule has 32 heavy (non-hydrogen) atoms. The molecule has 0 unspecified atom stereocenters. The topological polar surface area (TPSA) is 105 Å². The molecule has 1 aromatic carbocycles. The van der Waals surface area contributed by atoms with E-state index in [-0.39, 0.29) is 36.6 Å². The summed E-state index contributed by atoms with van der Waals surface area (Å²) in [4.78, 5) is 43.3. The van der Waals surface area contributed by atoms with Crippen molar-refractivity contribution in [2.75, 3.05) is 18.4 Å². The van der Waals surface area contributed by atoms with E-state index in [2.05, 4.69) is 15.6 Å². The molecule has 0 radical (unpaired) electrons. The van der Waals surface area contributed by atoms with Crippen LogP contribution in [0.2, 0.25) is 0 Å². The summed E-state index contributed by atoms with van der Waals surface area (Å²) >= 11 is 1.24. The van der Waals surface area contributed by atoms with Gasteiger partial charge in [0.1, 0.15) is 12.3 Å². The summed E-state index contributed by atoms with van der Waals surface area (Å²) in [6.07, 6.45) is 1.64. The van der Waals surface area contributed by atoms with Gasteiger partial charge in [-0.25, -0.2) is 4.98 Å². The van der Waals surface area contributed by atoms with Crippen LogP contribution in [0, 0.1) is 5.92 Å². The number of thiazole rings is 1. The van der Waals surface area contributed by atoms with Crippen LogP contribution < -0.4 is 10.6 Å². The first-order chi connectivity index (χ1) is 15.4. The lowest BCUT2D eigenvalue weighted by Gasteiger charge is -2.24. The largest absolute Gasteiger partial charge is 0.467 e. The molecule has 0 saturated heterocycles. The van der Waals surface area contributed by atoms with Crippen LogP contribution in [-0.4, -0.2) is 40.7 Å². The Hall–Kier alpha value is -3.46. The molecule has 9 heteroatoms. The van der Waals surface area contributed by atoms with E-state index in [9.17, 15) is 14.4 Å². The molecule has 168 valence electrons. The van der Waals surface area contributed by atoms with Gasteiger partial charge >= 0.3 is 0 Å². The third-order valence-electron chi connectivity index (χ3n) is 4.41. The van der Waals surface area contributed by atoms with Gasteiger partial charge in [0.2, 0.25) is 11.8 Å². The maximum atomic E-state index is 12.8. The molecule has 0 bridgehead atoms. The summed E-state index contributed by atoms with van der Waals surface area (Å²) in [7, 11) is 0. The number of nitrogens with one attached hydrogen (secondary N) is 2. The minimum absolute atomic E-state index is 0.0789. The number of aromatic nitrogens is 1. The summed E-state index contributed by atoms with van der Waals surface area (Å²) in [5.41, 5.74) is 1.10. The number of anilines is 1. The standard InChI is InChI=1S/C23H26N4O4S/c1-16(2)13-27(22(30)17-7-4-3-5-8-17)14-21(29)26-23-25-18(15-32-23)11-20(28)24-12-19-9-6-10-31-19/h3-10,15-16H,11-14H2,1-2H3,(H,24,28)(H,25,26,29). The van der Waals surface area contributed by atoms with E-state index in [0.717, 1.165) is 0 Å². The first-order valence-corrected chi connectivity index (χ1v) is 11.2. The van der Waals surface area contributed by atoms with E-state index in [4.69, 9.17) is 4.42 Å². The van der Waals surface area contributed by atoms with Gasteiger partial charge in [-0.1, -0.05) is 32.0 Å². The molecule has 0 aliphatic rings. The molecule has 0 atom stereocenters. The van der Waals surface area contributed by atoms with Gasteiger partial charge in [-0.05, 0) is 30.2 Å². The lowest BCUT2D eigenvalue weighted by Crippen LogP contribution is -2.40. The minimum Gasteiger partial charge on any atom is -0.467 e. The highest BCUT2D eigenvalue weighted by Gasteiger charge is 2.20. The number of benzene rings is 1. The number of furan rings is 1. The Morgan fingerprint density at radius 2 is 1.88 bits per heavy atom. The highest BCUT2D eigenvalue weighted by atomic mass is 32.1. The van der Waals surface area contributed by atoms with Crippen LogP contribution in [-0.2, 0) is 22.6 Å². The highest BCUT2D eigenvalue weighted by Crippen LogP contribution is 2.16. The van der Waals surface area contributed by atoms with Gasteiger partial charge in [-0.15, -0.1) is 11.3 Å². The summed E-state index contributed by atoms with van der Waals surface area (Å²) in [5, 5.41) is 7.60. The zero-order valence-electron chi connectivity index (χ0n) is 18.0. The van der Waals surface area contributed by atoms with Crippen molar-refractivity contribution < 1.29 is 18.8 Å². The molecule has 0 spiro atoms. The predicted octanol–water partition coefficient (Wildman–Crippen LogP) is 3.33. The lowest BCUT2D eigenvalue weighted by molar-refractivity contribution is -0.120. The third kappa shape index (κ3) is 7.05. The quantitative estimate of drug-likeness (QED) is 0.489. The van der Waals surface area contributed by atoms with Crippen LogP contribution >= 0.6 is 11.3 Å². The summed E-state index contributed by atoms with van der Waals surface area (Å²) in [5.74, 6) is 0.156. The van der Waals surface area contributed by atoms with Crippen molar-refractivity contribution >= 4 is 34.2 Å². The predicted molar refractivity (Wildman–Crippen MR) is 122 cm³/mol. The van der Waals surface area contributed by atoms with E-state index >= 15 is 0 Å². The molecular weight excluding hydrogens is 428 g/mol. The van der Waals surface area contributed by atoms with Gasteiger partial charge in [0.05, 0.1) is 24.9 Å². The fourth-order valence-corrected chi connectivity index (χ4v) is 3.75. The molecule has 0 aliphatic heterocycles. The molecule has 3 rings (SSSR count). The Balaban J connectivity index is 1.53. The number of carbonyl (C=O) groups excluding carboxylic acids is 3. The van der Waals surface area contributed by atoms with Crippen LogP contribution in [0.15, 0.2) is 58.5 Å². The monoisotopic (exact) mass is 454 g/mol. The average molecular weight is 455 g/mol. The Morgan fingerprint density at radius 1 is 1.09 bits per heavy atom. The average Bonchev–Trinajstić information content (AvgIpc) is 3.43. The van der Waals surface area contributed by atoms with E-state index in [1.807, 2.05) is 19.9 Å². The maximum absolute atomic E-state index is 12.8. The van der Waals surface area contributed by atoms with Crippen LogP contribution in [0.3, 0.4) is 0 Å². The molecule has 3 aromatic rings. The second-order valence-corrected chi connectivity index (χ2v) is 8.53. The van der Waals surface area contributed by atoms with Crippen molar-refractivity contribution in [3.05, 3.63) is 71.1 Å². The molecule has 2 N–H and O–H groups in total. The first kappa shape index (κ1) is 23.2. The number of rotatable bonds is 10. The van der Waals surface area contributed by atoms with Gasteiger partial charge < -0.3 is 20.0 Å². The molecular formula is C23H26N4O4S. The van der Waals surface area contributed by atoms with Gasteiger partial charge in [0.25, 0.3) is 5.91 Å². The fourth-order valence-electron chi connectivity index (χ4n) is 3.03. The van der Waals surface area contributed by atoms with E-state index in [1.165, 1.54) is 16.2 Å². The van der Waals surface area contributed by atoms with E-state index < -0.39 is 0 Å². The molecule has 8 nitrogen and oxygen atoms in total. The maximum Gasteiger partial charge on any atom is 0.254 e. The Labute approximate surface area is 190 Å². The van der Waals surface area contributed by atoms with Crippen LogP contribution in [0.25, 0.3) is 0 Å². The fraction of sp³-hybridized carbons (Fsp3) is 0.304. The summed E-state index contributed by atoms with van der Waals surface area (Å²) in [6, 6.07) is 12.4. The Morgan fingerprint density at radius 3 is 2.56 bits per heavy atom. The van der Waals surface area contributed by atoms with Gasteiger partial charge in [-0.2, -0.15) is 0 Å². The number of hydrogen-bond acceptors (Lipinski definition) is 6. The zero-order valence-corrected chi connectivity index (χ0v) is 18.9. The van der Waals surface area contributed by atoms with Gasteiger partial charge in [0, 0.05) is 17.5 Å². The second kappa shape index (κ2) is 11.2. The minimum atomic E-state index is -0.335. The number of carbonyl (C=O) groups is 3. The van der Waals surface area contributed by atoms with Crippen molar-refractivity contribution in [3.8, 4) is 0 Å². The molecule has 2 heterocycles. The number of amides is 3. The van der Waals surface area contributed by atoms with Crippen LogP contribution in [0.1, 0.15) is 35.7 Å². The molecule has 3 amide bonds. The highest BCUT2D eigenvalue weighted by molar-refractivity contribution is 7.13. The van der Waals surface area contributed by atoms with Crippen molar-refractivity contribution in [2.24, 2.45) is 5.92 Å². The Bertz CT molecular complexity index is 1030. The normalized spacial score (nSPS) is 10.7. The van der Waals surface area contributed by atoms with Crippen molar-refractivity contribution in [3.63, 3.8) is 0 Å². The van der Waals surface area contributed by atoms with Gasteiger partial charge in [0.15, 0.2) is 5.13 Å². The molecule has 0 fully saturated rings. The molecule has 0 saturated carbocycles. The second-order valence-electron chi connectivity index (χ2n) is 7.67. The number of nitrogens with zero attached hydrogens (tertiary/aromatic N) is 2. The van der Waals surface area contributed by atoms with Gasteiger partial charge in [-0.3, -0.25) is 14.4 Å². The third-order valence-corrected chi connectivity index (χ3v) is 5.21. The van der Waals surface area contributed by atoms with E-state index in [0.29, 0.717) is 35.2 Å². The van der Waals surface area contributed by atoms with Crippen LogP contribution in [0.5, 0.6) is 0 Å². The zero-order chi connectivity index (χ0) is 22.9. The first-order valence-electron chi connectivity index (χ1n) is 10.3. The molecule has 2 aromatic heterocycles. The number of hydrogen-bond donors (Lipinski definition) is 2. The Kier molecular flexibility index (Phi) is 8.15. The van der Waals surface area contributed by atoms with Crippen molar-refractivity contribution in [1.82, 2.24) is 15.2 Å². The SMILES string of the molecule is CC(C)CN(CC(=O)Nc1nc(CC(=O)NCc2ccco2)cs1)C(=O)c1ccccc1. The van der Waals surface area contributed by atoms with Crippen molar-refractivity contribution in [1.29, 1.82) is 0 Å². The van der Waals surface area contributed by atoms with E-state index in [1.54, 1.807) is 48.0 Å². The smallest absolute Gasteiger partial charge is 0.254 e. The summed E-state index contributed by atoms with van der Waals surface area (Å²) < 4.78 is 5.18. The van der Waals surface area contributed by atoms with Crippen molar-refractivity contribution in [2.45, 2.75) is 26.8 Å². The summed E-state index contributed by atoms with van der Waals surface area (Å²) in [6.45, 7) is 4.67. The van der Waals surface area contributed by atoms with Crippen LogP contribution in [0.4, 0.5) is 5.13 Å². The lowest BCUT2D eigenvalue weighted by atomic mass is 10.1. The molecule has 0 aliphatic carbocycles.